The van der Waals surface area contributed by atoms with Gasteiger partial charge < -0.3 is 10.1 Å². The summed E-state index contributed by atoms with van der Waals surface area (Å²) >= 11 is 5.94. The number of rotatable bonds is 5. The molecule has 1 aromatic carbocycles. The maximum atomic E-state index is 13.5. The molecule has 0 amide bonds. The number of ether oxygens (including phenoxy) is 1. The van der Waals surface area contributed by atoms with Crippen LogP contribution >= 0.6 is 11.6 Å². The quantitative estimate of drug-likeness (QED) is 0.841. The van der Waals surface area contributed by atoms with E-state index >= 15 is 0 Å². The van der Waals surface area contributed by atoms with E-state index in [0.29, 0.717) is 22.9 Å². The van der Waals surface area contributed by atoms with Crippen LogP contribution in [0.15, 0.2) is 18.2 Å². The molecule has 0 spiro atoms. The lowest BCUT2D eigenvalue weighted by atomic mass is 10.1. The van der Waals surface area contributed by atoms with Crippen LogP contribution in [0.3, 0.4) is 0 Å². The van der Waals surface area contributed by atoms with Crippen LogP contribution in [0.25, 0.3) is 0 Å². The fraction of sp³-hybridized carbons (Fsp3) is 0.455. The lowest BCUT2D eigenvalue weighted by molar-refractivity contribution is 0.331. The van der Waals surface area contributed by atoms with Gasteiger partial charge in [0.1, 0.15) is 11.9 Å². The number of halogens is 2. The first-order valence-corrected chi connectivity index (χ1v) is 5.27. The fourth-order valence-electron chi connectivity index (χ4n) is 1.28. The standard InChI is InChI=1S/C11H15ClFNO/c1-3-15-11-5-4-8(6-9(11)12)10(13)7-14-2/h4-6,10,14H,3,7H2,1-2H3. The minimum Gasteiger partial charge on any atom is -0.492 e. The van der Waals surface area contributed by atoms with Crippen LogP contribution in [0.2, 0.25) is 5.02 Å². The Morgan fingerprint density at radius 3 is 2.80 bits per heavy atom. The van der Waals surface area contributed by atoms with Gasteiger partial charge in [-0.05, 0) is 31.7 Å². The van der Waals surface area contributed by atoms with Crippen molar-refractivity contribution in [3.8, 4) is 5.75 Å². The van der Waals surface area contributed by atoms with Crippen LogP contribution in [0.4, 0.5) is 4.39 Å². The van der Waals surface area contributed by atoms with Crippen LogP contribution in [-0.4, -0.2) is 20.2 Å². The van der Waals surface area contributed by atoms with Crippen LogP contribution in [-0.2, 0) is 0 Å². The predicted octanol–water partition coefficient (Wildman–Crippen LogP) is 2.97. The average Bonchev–Trinajstić information content (AvgIpc) is 2.21. The monoisotopic (exact) mass is 231 g/mol. The third kappa shape index (κ3) is 3.36. The highest BCUT2D eigenvalue weighted by Crippen LogP contribution is 2.28. The van der Waals surface area contributed by atoms with Crippen LogP contribution < -0.4 is 10.1 Å². The molecule has 4 heteroatoms. The molecular formula is C11H15ClFNO. The van der Waals surface area contributed by atoms with E-state index in [9.17, 15) is 4.39 Å². The van der Waals surface area contributed by atoms with Crippen molar-refractivity contribution < 1.29 is 9.13 Å². The molecule has 0 aliphatic carbocycles. The molecule has 1 atom stereocenters. The van der Waals surface area contributed by atoms with Gasteiger partial charge in [0.25, 0.3) is 0 Å². The van der Waals surface area contributed by atoms with E-state index in [1.54, 1.807) is 25.2 Å². The Balaban J connectivity index is 2.81. The molecule has 0 aromatic heterocycles. The molecule has 2 nitrogen and oxygen atoms in total. The zero-order chi connectivity index (χ0) is 11.3. The molecule has 0 aliphatic rings. The second kappa shape index (κ2) is 5.93. The van der Waals surface area contributed by atoms with Gasteiger partial charge in [0.15, 0.2) is 0 Å². The maximum Gasteiger partial charge on any atom is 0.138 e. The highest BCUT2D eigenvalue weighted by Gasteiger charge is 2.10. The summed E-state index contributed by atoms with van der Waals surface area (Å²) in [7, 11) is 1.71. The first-order valence-electron chi connectivity index (χ1n) is 4.90. The summed E-state index contributed by atoms with van der Waals surface area (Å²) < 4.78 is 18.7. The SMILES string of the molecule is CCOc1ccc(C(F)CNC)cc1Cl. The van der Waals surface area contributed by atoms with Crippen molar-refractivity contribution in [2.75, 3.05) is 20.2 Å². The second-order valence-corrected chi connectivity index (χ2v) is 3.56. The molecule has 0 saturated carbocycles. The Labute approximate surface area is 94.4 Å². The molecule has 1 unspecified atom stereocenters. The summed E-state index contributed by atoms with van der Waals surface area (Å²) in [5, 5.41) is 3.23. The van der Waals surface area contributed by atoms with Crippen LogP contribution in [0.1, 0.15) is 18.7 Å². The molecular weight excluding hydrogens is 217 g/mol. The van der Waals surface area contributed by atoms with Gasteiger partial charge >= 0.3 is 0 Å². The summed E-state index contributed by atoms with van der Waals surface area (Å²) in [4.78, 5) is 0. The molecule has 1 aromatic rings. The second-order valence-electron chi connectivity index (χ2n) is 3.15. The lowest BCUT2D eigenvalue weighted by Crippen LogP contribution is -2.13. The highest BCUT2D eigenvalue weighted by molar-refractivity contribution is 6.32. The molecule has 84 valence electrons. The van der Waals surface area contributed by atoms with Crippen molar-refractivity contribution >= 4 is 11.6 Å². The largest absolute Gasteiger partial charge is 0.492 e. The summed E-state index contributed by atoms with van der Waals surface area (Å²) in [5.41, 5.74) is 0.567. The molecule has 15 heavy (non-hydrogen) atoms. The minimum atomic E-state index is -1.04. The zero-order valence-electron chi connectivity index (χ0n) is 8.89. The van der Waals surface area contributed by atoms with E-state index in [2.05, 4.69) is 5.32 Å². The third-order valence-electron chi connectivity index (χ3n) is 2.00. The smallest absolute Gasteiger partial charge is 0.138 e. The van der Waals surface area contributed by atoms with Crippen molar-refractivity contribution in [2.45, 2.75) is 13.1 Å². The summed E-state index contributed by atoms with van der Waals surface area (Å²) in [6.45, 7) is 2.71. The van der Waals surface area contributed by atoms with Gasteiger partial charge in [0.2, 0.25) is 0 Å². The number of nitrogens with one attached hydrogen (secondary N) is 1. The first-order chi connectivity index (χ1) is 7.19. The molecule has 1 rings (SSSR count). The lowest BCUT2D eigenvalue weighted by Gasteiger charge is -2.10. The van der Waals surface area contributed by atoms with E-state index in [0.717, 1.165) is 0 Å². The van der Waals surface area contributed by atoms with Crippen LogP contribution in [0, 0.1) is 0 Å². The van der Waals surface area contributed by atoms with Crippen LogP contribution in [0.5, 0.6) is 5.75 Å². The van der Waals surface area contributed by atoms with Gasteiger partial charge in [-0.3, -0.25) is 0 Å². The first kappa shape index (κ1) is 12.3. The Hall–Kier alpha value is -0.800. The van der Waals surface area contributed by atoms with Crippen molar-refractivity contribution in [2.24, 2.45) is 0 Å². The van der Waals surface area contributed by atoms with Gasteiger partial charge in [-0.2, -0.15) is 0 Å². The third-order valence-corrected chi connectivity index (χ3v) is 2.30. The van der Waals surface area contributed by atoms with Crippen molar-refractivity contribution in [3.05, 3.63) is 28.8 Å². The van der Waals surface area contributed by atoms with Crippen molar-refractivity contribution in [1.29, 1.82) is 0 Å². The summed E-state index contributed by atoms with van der Waals surface area (Å²) in [5.74, 6) is 0.597. The Morgan fingerprint density at radius 1 is 1.53 bits per heavy atom. The Bertz CT molecular complexity index is 319. The molecule has 0 aliphatic heterocycles. The number of benzene rings is 1. The van der Waals surface area contributed by atoms with Crippen molar-refractivity contribution in [1.82, 2.24) is 5.32 Å². The maximum absolute atomic E-state index is 13.5. The molecule has 0 saturated heterocycles. The summed E-state index contributed by atoms with van der Waals surface area (Å²) in [6.07, 6.45) is -1.04. The van der Waals surface area contributed by atoms with Gasteiger partial charge in [0, 0.05) is 6.54 Å². The van der Waals surface area contributed by atoms with E-state index in [4.69, 9.17) is 16.3 Å². The summed E-state index contributed by atoms with van der Waals surface area (Å²) in [6, 6.07) is 5.00. The Kier molecular flexibility index (Phi) is 4.85. The minimum absolute atomic E-state index is 0.282. The molecule has 0 radical (unpaired) electrons. The average molecular weight is 232 g/mol. The van der Waals surface area contributed by atoms with E-state index < -0.39 is 6.17 Å². The molecule has 0 fully saturated rings. The Morgan fingerprint density at radius 2 is 2.27 bits per heavy atom. The molecule has 0 heterocycles. The normalized spacial score (nSPS) is 12.5. The van der Waals surface area contributed by atoms with Crippen molar-refractivity contribution in [3.63, 3.8) is 0 Å². The zero-order valence-corrected chi connectivity index (χ0v) is 9.64. The topological polar surface area (TPSA) is 21.3 Å². The van der Waals surface area contributed by atoms with E-state index in [-0.39, 0.29) is 6.54 Å². The van der Waals surface area contributed by atoms with E-state index in [1.807, 2.05) is 6.92 Å². The van der Waals surface area contributed by atoms with Gasteiger partial charge in [0.05, 0.1) is 11.6 Å². The highest BCUT2D eigenvalue weighted by atomic mass is 35.5. The number of likely N-dealkylation sites (N-methyl/N-ethyl adjacent to an activating group) is 1. The molecule has 0 bridgehead atoms. The number of hydrogen-bond donors (Lipinski definition) is 1. The number of alkyl halides is 1. The predicted molar refractivity (Wildman–Crippen MR) is 60.4 cm³/mol. The van der Waals surface area contributed by atoms with E-state index in [1.165, 1.54) is 0 Å². The number of hydrogen-bond acceptors (Lipinski definition) is 2. The molecule has 1 N–H and O–H groups in total. The van der Waals surface area contributed by atoms with Gasteiger partial charge in [-0.25, -0.2) is 4.39 Å². The van der Waals surface area contributed by atoms with Gasteiger partial charge in [-0.15, -0.1) is 0 Å². The van der Waals surface area contributed by atoms with Gasteiger partial charge in [-0.1, -0.05) is 17.7 Å². The fourth-order valence-corrected chi connectivity index (χ4v) is 1.53.